The molecule has 0 spiro atoms. The van der Waals surface area contributed by atoms with Crippen LogP contribution in [0.5, 0.6) is 0 Å². The van der Waals surface area contributed by atoms with Crippen LogP contribution in [-0.2, 0) is 6.54 Å². The first-order chi connectivity index (χ1) is 8.83. The Morgan fingerprint density at radius 2 is 2.00 bits per heavy atom. The summed E-state index contributed by atoms with van der Waals surface area (Å²) in [5.74, 6) is 0. The molecular weight excluding hydrogens is 246 g/mol. The van der Waals surface area contributed by atoms with Crippen molar-refractivity contribution in [1.29, 1.82) is 0 Å². The van der Waals surface area contributed by atoms with Crippen LogP contribution in [0.4, 0.5) is 0 Å². The summed E-state index contributed by atoms with van der Waals surface area (Å²) in [5, 5.41) is 6.17. The van der Waals surface area contributed by atoms with Crippen LogP contribution >= 0.6 is 11.6 Å². The molecule has 18 heavy (non-hydrogen) atoms. The molecular formula is C15H10ClNO. The van der Waals surface area contributed by atoms with Crippen molar-refractivity contribution in [1.82, 2.24) is 5.32 Å². The van der Waals surface area contributed by atoms with E-state index in [1.165, 1.54) is 11.1 Å². The topological polar surface area (TPSA) is 25.2 Å². The van der Waals surface area contributed by atoms with E-state index in [0.29, 0.717) is 5.02 Å². The fraction of sp³-hybridized carbons (Fsp3) is 0.0667. The molecule has 3 aromatic rings. The highest BCUT2D eigenvalue weighted by molar-refractivity contribution is 6.31. The van der Waals surface area contributed by atoms with E-state index >= 15 is 0 Å². The zero-order chi connectivity index (χ0) is 12.1. The molecule has 4 rings (SSSR count). The smallest absolute Gasteiger partial charge is 0.143 e. The summed E-state index contributed by atoms with van der Waals surface area (Å²) in [6, 6.07) is 10.1. The fourth-order valence-corrected chi connectivity index (χ4v) is 2.69. The second-order valence-corrected chi connectivity index (χ2v) is 4.91. The van der Waals surface area contributed by atoms with Crippen molar-refractivity contribution in [2.45, 2.75) is 6.54 Å². The Morgan fingerprint density at radius 3 is 2.94 bits per heavy atom. The van der Waals surface area contributed by atoms with Gasteiger partial charge >= 0.3 is 0 Å². The van der Waals surface area contributed by atoms with E-state index in [1.807, 2.05) is 24.4 Å². The zero-order valence-electron chi connectivity index (χ0n) is 9.53. The lowest BCUT2D eigenvalue weighted by Gasteiger charge is -2.11. The van der Waals surface area contributed by atoms with Crippen molar-refractivity contribution in [3.8, 4) is 0 Å². The molecule has 1 N–H and O–H groups in total. The average molecular weight is 256 g/mol. The summed E-state index contributed by atoms with van der Waals surface area (Å²) in [5.41, 5.74) is 4.22. The van der Waals surface area contributed by atoms with Crippen LogP contribution in [0.3, 0.4) is 0 Å². The maximum atomic E-state index is 6.01. The molecule has 2 nitrogen and oxygen atoms in total. The van der Waals surface area contributed by atoms with Crippen LogP contribution in [0.1, 0.15) is 11.1 Å². The Balaban J connectivity index is 2.18. The van der Waals surface area contributed by atoms with Gasteiger partial charge in [-0.25, -0.2) is 0 Å². The molecule has 1 aromatic heterocycles. The third-order valence-corrected chi connectivity index (χ3v) is 3.63. The molecule has 0 fully saturated rings. The number of furan rings is 1. The van der Waals surface area contributed by atoms with Gasteiger partial charge in [0.25, 0.3) is 0 Å². The molecule has 2 aromatic carbocycles. The first kappa shape index (κ1) is 10.0. The minimum atomic E-state index is 0.702. The van der Waals surface area contributed by atoms with Crippen molar-refractivity contribution < 1.29 is 4.42 Å². The molecule has 0 saturated carbocycles. The maximum Gasteiger partial charge on any atom is 0.143 e. The summed E-state index contributed by atoms with van der Waals surface area (Å²) in [6.07, 6.45) is 4.02. The maximum absolute atomic E-state index is 6.01. The number of halogens is 1. The predicted octanol–water partition coefficient (Wildman–Crippen LogP) is 4.31. The van der Waals surface area contributed by atoms with Gasteiger partial charge in [0.15, 0.2) is 0 Å². The second kappa shape index (κ2) is 3.53. The Labute approximate surface area is 109 Å². The van der Waals surface area contributed by atoms with Gasteiger partial charge in [0.05, 0.1) is 0 Å². The Kier molecular flexibility index (Phi) is 1.97. The summed E-state index contributed by atoms with van der Waals surface area (Å²) in [7, 11) is 0. The lowest BCUT2D eigenvalue weighted by atomic mass is 10.0. The Hall–Kier alpha value is -1.93. The van der Waals surface area contributed by atoms with Gasteiger partial charge in [0, 0.05) is 34.0 Å². The van der Waals surface area contributed by atoms with Gasteiger partial charge in [-0.15, -0.1) is 0 Å². The molecule has 0 saturated heterocycles. The van der Waals surface area contributed by atoms with Crippen LogP contribution in [0.2, 0.25) is 5.02 Å². The van der Waals surface area contributed by atoms with Crippen molar-refractivity contribution in [3.05, 3.63) is 52.7 Å². The molecule has 1 aliphatic rings. The highest BCUT2D eigenvalue weighted by atomic mass is 35.5. The van der Waals surface area contributed by atoms with Crippen LogP contribution in [0.15, 0.2) is 40.9 Å². The van der Waals surface area contributed by atoms with Gasteiger partial charge in [0.2, 0.25) is 0 Å². The molecule has 3 heteroatoms. The van der Waals surface area contributed by atoms with Gasteiger partial charge in [-0.2, -0.15) is 0 Å². The lowest BCUT2D eigenvalue weighted by molar-refractivity contribution is 0.666. The molecule has 0 aliphatic carbocycles. The lowest BCUT2D eigenvalue weighted by Crippen LogP contribution is -2.09. The summed E-state index contributed by atoms with van der Waals surface area (Å²) < 4.78 is 5.97. The molecule has 0 unspecified atom stereocenters. The minimum Gasteiger partial charge on any atom is -0.455 e. The average Bonchev–Trinajstić information content (AvgIpc) is 2.76. The van der Waals surface area contributed by atoms with Crippen LogP contribution in [-0.4, -0.2) is 0 Å². The van der Waals surface area contributed by atoms with Crippen molar-refractivity contribution >= 4 is 39.6 Å². The van der Waals surface area contributed by atoms with Gasteiger partial charge in [-0.3, -0.25) is 0 Å². The van der Waals surface area contributed by atoms with Crippen LogP contribution < -0.4 is 5.32 Å². The van der Waals surface area contributed by atoms with E-state index in [2.05, 4.69) is 23.5 Å². The van der Waals surface area contributed by atoms with Crippen molar-refractivity contribution in [2.24, 2.45) is 0 Å². The molecule has 0 radical (unpaired) electrons. The summed E-state index contributed by atoms with van der Waals surface area (Å²) in [6.45, 7) is 0.847. The van der Waals surface area contributed by atoms with E-state index in [-0.39, 0.29) is 0 Å². The largest absolute Gasteiger partial charge is 0.455 e. The number of fused-ring (bicyclic) bond motifs is 5. The van der Waals surface area contributed by atoms with E-state index in [1.54, 1.807) is 0 Å². The third kappa shape index (κ3) is 1.30. The summed E-state index contributed by atoms with van der Waals surface area (Å²) >= 11 is 6.01. The van der Waals surface area contributed by atoms with Crippen LogP contribution in [0, 0.1) is 0 Å². The third-order valence-electron chi connectivity index (χ3n) is 3.39. The summed E-state index contributed by atoms with van der Waals surface area (Å²) in [4.78, 5) is 0. The van der Waals surface area contributed by atoms with Gasteiger partial charge in [0.1, 0.15) is 11.2 Å². The molecule has 0 amide bonds. The Bertz CT molecular complexity index is 801. The first-order valence-corrected chi connectivity index (χ1v) is 6.24. The monoisotopic (exact) mass is 255 g/mol. The van der Waals surface area contributed by atoms with E-state index in [0.717, 1.165) is 28.5 Å². The number of hydrogen-bond acceptors (Lipinski definition) is 2. The number of rotatable bonds is 0. The van der Waals surface area contributed by atoms with E-state index in [9.17, 15) is 0 Å². The van der Waals surface area contributed by atoms with Gasteiger partial charge in [-0.05, 0) is 30.0 Å². The standard InChI is InChI=1S/C15H10ClNO/c16-10-2-4-12-13-3-1-9-8-17-6-5-11(9)15(13)18-14(12)7-10/h1-7,17H,8H2. The van der Waals surface area contributed by atoms with E-state index in [4.69, 9.17) is 16.0 Å². The number of hydrogen-bond donors (Lipinski definition) is 1. The van der Waals surface area contributed by atoms with Crippen LogP contribution in [0.25, 0.3) is 28.0 Å². The highest BCUT2D eigenvalue weighted by Crippen LogP contribution is 2.35. The molecule has 88 valence electrons. The first-order valence-electron chi connectivity index (χ1n) is 5.86. The fourth-order valence-electron chi connectivity index (χ4n) is 2.52. The number of nitrogens with one attached hydrogen (secondary N) is 1. The highest BCUT2D eigenvalue weighted by Gasteiger charge is 2.14. The molecule has 2 heterocycles. The van der Waals surface area contributed by atoms with Crippen molar-refractivity contribution in [3.63, 3.8) is 0 Å². The molecule has 1 aliphatic heterocycles. The predicted molar refractivity (Wildman–Crippen MR) is 74.6 cm³/mol. The normalized spacial score (nSPS) is 13.8. The second-order valence-electron chi connectivity index (χ2n) is 4.47. The molecule has 0 bridgehead atoms. The zero-order valence-corrected chi connectivity index (χ0v) is 10.3. The number of benzene rings is 2. The Morgan fingerprint density at radius 1 is 1.11 bits per heavy atom. The quantitative estimate of drug-likeness (QED) is 0.647. The van der Waals surface area contributed by atoms with Gasteiger partial charge < -0.3 is 9.73 Å². The van der Waals surface area contributed by atoms with Gasteiger partial charge in [-0.1, -0.05) is 23.7 Å². The minimum absolute atomic E-state index is 0.702. The SMILES string of the molecule is Clc1ccc2c(c1)oc1c3c(ccc12)CNC=C3. The van der Waals surface area contributed by atoms with Crippen molar-refractivity contribution in [2.75, 3.05) is 0 Å². The van der Waals surface area contributed by atoms with E-state index < -0.39 is 0 Å². The molecule has 0 atom stereocenters.